The number of ether oxygens (including phenoxy) is 1. The Bertz CT molecular complexity index is 813. The summed E-state index contributed by atoms with van der Waals surface area (Å²) >= 11 is 0. The van der Waals surface area contributed by atoms with Crippen molar-refractivity contribution < 1.29 is 13.2 Å². The number of hydrogen-bond acceptors (Lipinski definition) is 8. The van der Waals surface area contributed by atoms with Gasteiger partial charge in [0.1, 0.15) is 5.25 Å². The molecule has 6 atom stereocenters. The fourth-order valence-corrected chi connectivity index (χ4v) is 9.19. The van der Waals surface area contributed by atoms with Crippen molar-refractivity contribution in [2.24, 2.45) is 17.3 Å². The van der Waals surface area contributed by atoms with E-state index in [9.17, 15) is 8.42 Å². The number of nitrogens with zero attached hydrogens (tertiary/aromatic N) is 2. The molecule has 2 aliphatic carbocycles. The van der Waals surface area contributed by atoms with Gasteiger partial charge in [-0.05, 0) is 62.3 Å². The predicted molar refractivity (Wildman–Crippen MR) is 129 cm³/mol. The first-order valence-corrected chi connectivity index (χ1v) is 14.4. The molecule has 0 aromatic carbocycles. The SMILES string of the molecule is COC1(C2CCNC(N3CC(S(=O)(=O)NC4CCCC5CNN(C)C54)CN3)C2)CC(C)(C)C1. The number of hydrogen-bond donors (Lipinski definition) is 4. The van der Waals surface area contributed by atoms with Crippen LogP contribution in [-0.4, -0.2) is 87.9 Å². The molecule has 3 aliphatic heterocycles. The van der Waals surface area contributed by atoms with Crippen LogP contribution in [0.5, 0.6) is 0 Å². The number of sulfonamides is 1. The average Bonchev–Trinajstić information content (AvgIpc) is 3.40. The minimum atomic E-state index is -3.41. The van der Waals surface area contributed by atoms with Gasteiger partial charge in [0.05, 0.1) is 11.8 Å². The van der Waals surface area contributed by atoms with Crippen LogP contribution in [0, 0.1) is 17.3 Å². The van der Waals surface area contributed by atoms with Gasteiger partial charge in [0, 0.05) is 45.9 Å². The Morgan fingerprint density at radius 2 is 1.88 bits per heavy atom. The molecule has 0 bridgehead atoms. The van der Waals surface area contributed by atoms with Crippen molar-refractivity contribution in [3.05, 3.63) is 0 Å². The lowest BCUT2D eigenvalue weighted by Crippen LogP contribution is -2.61. The third kappa shape index (κ3) is 4.62. The van der Waals surface area contributed by atoms with Crippen LogP contribution in [0.25, 0.3) is 0 Å². The molecule has 0 radical (unpaired) electrons. The zero-order chi connectivity index (χ0) is 23.4. The second-order valence-electron chi connectivity index (χ2n) is 12.0. The molecular formula is C23H44N6O3S. The van der Waals surface area contributed by atoms with Crippen molar-refractivity contribution in [2.75, 3.05) is 40.3 Å². The second kappa shape index (κ2) is 8.96. The van der Waals surface area contributed by atoms with Crippen LogP contribution in [0.4, 0.5) is 0 Å². The Balaban J connectivity index is 1.19. The minimum absolute atomic E-state index is 0.0106. The third-order valence-electron chi connectivity index (χ3n) is 9.18. The normalized spacial score (nSPS) is 41.6. The Kier molecular flexibility index (Phi) is 6.61. The van der Waals surface area contributed by atoms with Gasteiger partial charge in [0.15, 0.2) is 0 Å². The molecule has 5 aliphatic rings. The smallest absolute Gasteiger partial charge is 0.217 e. The predicted octanol–water partition coefficient (Wildman–Crippen LogP) is 0.613. The van der Waals surface area contributed by atoms with Gasteiger partial charge in [0.25, 0.3) is 0 Å². The molecule has 0 amide bonds. The Labute approximate surface area is 199 Å². The number of methoxy groups -OCH3 is 1. The minimum Gasteiger partial charge on any atom is -0.378 e. The first-order chi connectivity index (χ1) is 15.6. The summed E-state index contributed by atoms with van der Waals surface area (Å²) in [5, 5.41) is 7.45. The molecule has 5 rings (SSSR count). The highest BCUT2D eigenvalue weighted by molar-refractivity contribution is 7.90. The third-order valence-corrected chi connectivity index (χ3v) is 11.0. The summed E-state index contributed by atoms with van der Waals surface area (Å²) in [7, 11) is 0.492. The van der Waals surface area contributed by atoms with E-state index in [0.717, 1.165) is 51.6 Å². The molecule has 10 heteroatoms. The van der Waals surface area contributed by atoms with Crippen LogP contribution in [0.2, 0.25) is 0 Å². The fourth-order valence-electron chi connectivity index (χ4n) is 7.67. The van der Waals surface area contributed by atoms with Gasteiger partial charge < -0.3 is 10.1 Å². The summed E-state index contributed by atoms with van der Waals surface area (Å²) in [4.78, 5) is 0. The van der Waals surface area contributed by atoms with Crippen LogP contribution in [0.15, 0.2) is 0 Å². The molecule has 190 valence electrons. The molecule has 0 aromatic heterocycles. The maximum atomic E-state index is 13.4. The highest BCUT2D eigenvalue weighted by atomic mass is 32.2. The monoisotopic (exact) mass is 484 g/mol. The molecule has 3 saturated heterocycles. The topological polar surface area (TPSA) is 98.0 Å². The van der Waals surface area contributed by atoms with E-state index in [-0.39, 0.29) is 23.9 Å². The Morgan fingerprint density at radius 1 is 1.09 bits per heavy atom. The lowest BCUT2D eigenvalue weighted by atomic mass is 9.55. The lowest BCUT2D eigenvalue weighted by Gasteiger charge is -2.57. The van der Waals surface area contributed by atoms with Crippen molar-refractivity contribution >= 4 is 10.0 Å². The van der Waals surface area contributed by atoms with Crippen LogP contribution in [0.3, 0.4) is 0 Å². The molecule has 6 unspecified atom stereocenters. The van der Waals surface area contributed by atoms with E-state index in [2.05, 4.69) is 44.8 Å². The van der Waals surface area contributed by atoms with Gasteiger partial charge in [-0.15, -0.1) is 0 Å². The van der Waals surface area contributed by atoms with E-state index in [1.807, 2.05) is 14.2 Å². The van der Waals surface area contributed by atoms with Crippen LogP contribution in [0.1, 0.15) is 58.8 Å². The number of nitrogens with one attached hydrogen (secondary N) is 4. The lowest BCUT2D eigenvalue weighted by molar-refractivity contribution is -0.184. The molecule has 5 fully saturated rings. The van der Waals surface area contributed by atoms with Crippen LogP contribution >= 0.6 is 0 Å². The second-order valence-corrected chi connectivity index (χ2v) is 14.0. The summed E-state index contributed by atoms with van der Waals surface area (Å²) in [6, 6.07) is 0.236. The number of rotatable bonds is 6. The summed E-state index contributed by atoms with van der Waals surface area (Å²) in [5.41, 5.74) is 7.13. The molecule has 3 heterocycles. The Hall–Kier alpha value is -0.330. The van der Waals surface area contributed by atoms with Gasteiger partial charge in [0.2, 0.25) is 10.0 Å². The average molecular weight is 485 g/mol. The van der Waals surface area contributed by atoms with Gasteiger partial charge in [-0.25, -0.2) is 23.2 Å². The Morgan fingerprint density at radius 3 is 2.61 bits per heavy atom. The fraction of sp³-hybridized carbons (Fsp3) is 1.00. The van der Waals surface area contributed by atoms with E-state index < -0.39 is 15.3 Å². The van der Waals surface area contributed by atoms with E-state index in [1.165, 1.54) is 6.42 Å². The van der Waals surface area contributed by atoms with Crippen molar-refractivity contribution in [1.29, 1.82) is 0 Å². The highest BCUT2D eigenvalue weighted by Crippen LogP contribution is 2.55. The van der Waals surface area contributed by atoms with Crippen LogP contribution < -0.4 is 20.9 Å². The molecule has 33 heavy (non-hydrogen) atoms. The largest absolute Gasteiger partial charge is 0.378 e. The first-order valence-electron chi connectivity index (χ1n) is 12.9. The number of fused-ring (bicyclic) bond motifs is 1. The van der Waals surface area contributed by atoms with E-state index in [4.69, 9.17) is 4.74 Å². The zero-order valence-electron chi connectivity index (χ0n) is 20.8. The van der Waals surface area contributed by atoms with Gasteiger partial charge in [-0.2, -0.15) is 0 Å². The van der Waals surface area contributed by atoms with E-state index >= 15 is 0 Å². The van der Waals surface area contributed by atoms with Crippen molar-refractivity contribution in [3.8, 4) is 0 Å². The van der Waals surface area contributed by atoms with E-state index in [0.29, 0.717) is 30.3 Å². The molecule has 0 aromatic rings. The summed E-state index contributed by atoms with van der Waals surface area (Å²) in [6.45, 7) is 7.52. The van der Waals surface area contributed by atoms with Crippen molar-refractivity contribution in [2.45, 2.75) is 87.9 Å². The van der Waals surface area contributed by atoms with Gasteiger partial charge in [-0.3, -0.25) is 10.9 Å². The van der Waals surface area contributed by atoms with Crippen molar-refractivity contribution in [1.82, 2.24) is 30.9 Å². The van der Waals surface area contributed by atoms with E-state index in [1.54, 1.807) is 0 Å². The molecule has 2 saturated carbocycles. The standard InChI is InChI=1S/C23H44N6O3S/c1-22(2)14-23(15-22,32-4)17-8-9-24-20(10-17)29-13-18(12-26-29)33(30,31)27-19-7-5-6-16-11-25-28(3)21(16)19/h16-21,24-27H,5-15H2,1-4H3. The summed E-state index contributed by atoms with van der Waals surface area (Å²) < 4.78 is 35.9. The zero-order valence-corrected chi connectivity index (χ0v) is 21.6. The number of piperidine rings is 1. The first kappa shape index (κ1) is 24.4. The van der Waals surface area contributed by atoms with Gasteiger partial charge >= 0.3 is 0 Å². The maximum Gasteiger partial charge on any atom is 0.217 e. The van der Waals surface area contributed by atoms with Crippen molar-refractivity contribution in [3.63, 3.8) is 0 Å². The molecule has 4 N–H and O–H groups in total. The molecule has 9 nitrogen and oxygen atoms in total. The number of hydrazine groups is 2. The van der Waals surface area contributed by atoms with Crippen LogP contribution in [-0.2, 0) is 14.8 Å². The number of likely N-dealkylation sites (N-methyl/N-ethyl adjacent to an activating group) is 1. The quantitative estimate of drug-likeness (QED) is 0.436. The summed E-state index contributed by atoms with van der Waals surface area (Å²) in [5.74, 6) is 1.03. The van der Waals surface area contributed by atoms with Gasteiger partial charge in [-0.1, -0.05) is 20.3 Å². The highest BCUT2D eigenvalue weighted by Gasteiger charge is 2.55. The maximum absolute atomic E-state index is 13.4. The molecule has 0 spiro atoms. The molecular weight excluding hydrogens is 440 g/mol. The summed E-state index contributed by atoms with van der Waals surface area (Å²) in [6.07, 6.45) is 7.63.